The van der Waals surface area contributed by atoms with Gasteiger partial charge in [0, 0.05) is 26.4 Å². The van der Waals surface area contributed by atoms with Crippen molar-refractivity contribution in [2.24, 2.45) is 14.1 Å². The fourth-order valence-electron chi connectivity index (χ4n) is 1.91. The Hall–Kier alpha value is -2.81. The standard InChI is InChI=1S/C12H12N4O5.ClH/c1-14-5-7(3-10(14)12(18)19)13-11(17)9-4-8(16(20)21)6-15(9)2;/h3-6H,1-2H3,(H,13,17)(H,18,19);1H. The number of nitro groups is 1. The highest BCUT2D eigenvalue weighted by molar-refractivity contribution is 6.04. The van der Waals surface area contributed by atoms with Crippen molar-refractivity contribution < 1.29 is 19.6 Å². The number of carbonyl (C=O) groups excluding carboxylic acids is 1. The van der Waals surface area contributed by atoms with Gasteiger partial charge in [-0.3, -0.25) is 14.9 Å². The molecule has 9 nitrogen and oxygen atoms in total. The van der Waals surface area contributed by atoms with Gasteiger partial charge in [-0.2, -0.15) is 0 Å². The van der Waals surface area contributed by atoms with Crippen molar-refractivity contribution in [3.8, 4) is 0 Å². The van der Waals surface area contributed by atoms with Crippen LogP contribution in [0.1, 0.15) is 21.0 Å². The van der Waals surface area contributed by atoms with Crippen LogP contribution in [0.15, 0.2) is 24.5 Å². The summed E-state index contributed by atoms with van der Waals surface area (Å²) in [5.41, 5.74) is 0.219. The lowest BCUT2D eigenvalue weighted by Crippen LogP contribution is -2.14. The molecule has 0 saturated heterocycles. The molecule has 2 heterocycles. The van der Waals surface area contributed by atoms with E-state index in [0.29, 0.717) is 5.69 Å². The Labute approximate surface area is 130 Å². The van der Waals surface area contributed by atoms with Gasteiger partial charge in [-0.05, 0) is 6.07 Å². The molecule has 22 heavy (non-hydrogen) atoms. The van der Waals surface area contributed by atoms with Crippen molar-refractivity contribution in [1.82, 2.24) is 9.13 Å². The quantitative estimate of drug-likeness (QED) is 0.653. The number of hydrogen-bond donors (Lipinski definition) is 2. The van der Waals surface area contributed by atoms with E-state index in [-0.39, 0.29) is 29.5 Å². The van der Waals surface area contributed by atoms with Crippen LogP contribution in [0, 0.1) is 10.1 Å². The number of carboxylic acids is 1. The Kier molecular flexibility index (Phi) is 4.94. The Balaban J connectivity index is 0.00000242. The molecular formula is C12H13ClN4O5. The molecule has 2 N–H and O–H groups in total. The van der Waals surface area contributed by atoms with Gasteiger partial charge >= 0.3 is 5.97 Å². The van der Waals surface area contributed by atoms with Crippen LogP contribution in [0.4, 0.5) is 11.4 Å². The van der Waals surface area contributed by atoms with E-state index in [1.807, 2.05) is 0 Å². The van der Waals surface area contributed by atoms with Crippen molar-refractivity contribution in [3.63, 3.8) is 0 Å². The summed E-state index contributed by atoms with van der Waals surface area (Å²) in [6.07, 6.45) is 2.67. The molecule has 0 unspecified atom stereocenters. The van der Waals surface area contributed by atoms with Gasteiger partial charge in [-0.1, -0.05) is 0 Å². The van der Waals surface area contributed by atoms with Gasteiger partial charge in [0.05, 0.1) is 16.8 Å². The van der Waals surface area contributed by atoms with E-state index in [1.54, 1.807) is 0 Å². The van der Waals surface area contributed by atoms with Crippen molar-refractivity contribution in [2.75, 3.05) is 5.32 Å². The zero-order chi connectivity index (χ0) is 15.7. The fourth-order valence-corrected chi connectivity index (χ4v) is 1.91. The number of halogens is 1. The van der Waals surface area contributed by atoms with Gasteiger partial charge in [0.2, 0.25) is 0 Å². The summed E-state index contributed by atoms with van der Waals surface area (Å²) in [5.74, 6) is -1.68. The highest BCUT2D eigenvalue weighted by atomic mass is 35.5. The average molecular weight is 329 g/mol. The number of carbonyl (C=O) groups is 2. The van der Waals surface area contributed by atoms with Crippen LogP contribution in [0.25, 0.3) is 0 Å². The van der Waals surface area contributed by atoms with Crippen LogP contribution in [0.2, 0.25) is 0 Å². The number of aromatic nitrogens is 2. The largest absolute Gasteiger partial charge is 0.477 e. The van der Waals surface area contributed by atoms with Crippen LogP contribution in [-0.2, 0) is 14.1 Å². The Morgan fingerprint density at radius 3 is 2.23 bits per heavy atom. The second-order valence-electron chi connectivity index (χ2n) is 4.44. The number of rotatable bonds is 4. The molecule has 10 heteroatoms. The zero-order valence-electron chi connectivity index (χ0n) is 11.6. The highest BCUT2D eigenvalue weighted by Gasteiger charge is 2.19. The Morgan fingerprint density at radius 1 is 1.18 bits per heavy atom. The van der Waals surface area contributed by atoms with E-state index in [0.717, 1.165) is 6.07 Å². The predicted octanol–water partition coefficient (Wildman–Crippen LogP) is 1.64. The summed E-state index contributed by atoms with van der Waals surface area (Å²) < 4.78 is 2.68. The fraction of sp³-hybridized carbons (Fsp3) is 0.167. The van der Waals surface area contributed by atoms with Gasteiger partial charge < -0.3 is 19.6 Å². The smallest absolute Gasteiger partial charge is 0.352 e. The highest BCUT2D eigenvalue weighted by Crippen LogP contribution is 2.18. The zero-order valence-corrected chi connectivity index (χ0v) is 12.5. The van der Waals surface area contributed by atoms with E-state index >= 15 is 0 Å². The van der Waals surface area contributed by atoms with Crippen LogP contribution in [0.3, 0.4) is 0 Å². The third kappa shape index (κ3) is 3.26. The summed E-state index contributed by atoms with van der Waals surface area (Å²) >= 11 is 0. The van der Waals surface area contributed by atoms with Crippen molar-refractivity contribution in [3.05, 3.63) is 46.0 Å². The summed E-state index contributed by atoms with van der Waals surface area (Å²) in [4.78, 5) is 33.0. The molecule has 0 bridgehead atoms. The van der Waals surface area contributed by atoms with Crippen LogP contribution in [0.5, 0.6) is 0 Å². The molecule has 0 saturated carbocycles. The molecule has 0 aromatic carbocycles. The molecule has 0 radical (unpaired) electrons. The van der Waals surface area contributed by atoms with Gasteiger partial charge in [-0.25, -0.2) is 4.79 Å². The van der Waals surface area contributed by atoms with Crippen molar-refractivity contribution >= 4 is 35.7 Å². The summed E-state index contributed by atoms with van der Waals surface area (Å²) in [7, 11) is 3.04. The number of anilines is 1. The number of aryl methyl sites for hydroxylation is 2. The van der Waals surface area contributed by atoms with Gasteiger partial charge in [0.15, 0.2) is 0 Å². The first-order valence-electron chi connectivity index (χ1n) is 5.81. The Bertz CT molecular complexity index is 749. The third-order valence-corrected chi connectivity index (χ3v) is 2.92. The van der Waals surface area contributed by atoms with Crippen LogP contribution < -0.4 is 5.32 Å². The lowest BCUT2D eigenvalue weighted by Gasteiger charge is -2.02. The molecule has 0 aliphatic carbocycles. The molecule has 0 spiro atoms. The van der Waals surface area contributed by atoms with Crippen LogP contribution >= 0.6 is 12.4 Å². The first-order chi connectivity index (χ1) is 9.79. The summed E-state index contributed by atoms with van der Waals surface area (Å²) in [5, 5.41) is 22.1. The summed E-state index contributed by atoms with van der Waals surface area (Å²) in [6, 6.07) is 2.45. The minimum absolute atomic E-state index is 0. The first-order valence-corrected chi connectivity index (χ1v) is 5.81. The van der Waals surface area contributed by atoms with Gasteiger partial charge in [-0.15, -0.1) is 12.4 Å². The molecule has 118 valence electrons. The lowest BCUT2D eigenvalue weighted by atomic mass is 10.3. The van der Waals surface area contributed by atoms with E-state index < -0.39 is 16.8 Å². The van der Waals surface area contributed by atoms with Gasteiger partial charge in [0.25, 0.3) is 11.6 Å². The number of hydrogen-bond acceptors (Lipinski definition) is 4. The monoisotopic (exact) mass is 328 g/mol. The number of aromatic carboxylic acids is 1. The van der Waals surface area contributed by atoms with E-state index in [4.69, 9.17) is 5.11 Å². The first kappa shape index (κ1) is 17.2. The minimum Gasteiger partial charge on any atom is -0.477 e. The molecule has 0 aliphatic heterocycles. The number of carboxylic acid groups (broad SMARTS) is 1. The van der Waals surface area contributed by atoms with E-state index in [9.17, 15) is 19.7 Å². The average Bonchev–Trinajstić information content (AvgIpc) is 2.92. The number of nitrogens with one attached hydrogen (secondary N) is 1. The SMILES string of the molecule is Cl.Cn1cc(NC(=O)c2cc([N+](=O)[O-])cn2C)cc1C(=O)O. The molecule has 1 amide bonds. The molecule has 2 aromatic heterocycles. The normalized spacial score (nSPS) is 9.91. The summed E-state index contributed by atoms with van der Waals surface area (Å²) in [6.45, 7) is 0. The predicted molar refractivity (Wildman–Crippen MR) is 79.6 cm³/mol. The van der Waals surface area contributed by atoms with Crippen molar-refractivity contribution in [1.29, 1.82) is 0 Å². The molecule has 2 rings (SSSR count). The third-order valence-electron chi connectivity index (χ3n) is 2.92. The topological polar surface area (TPSA) is 119 Å². The maximum atomic E-state index is 12.1. The molecule has 0 aliphatic rings. The second-order valence-corrected chi connectivity index (χ2v) is 4.44. The lowest BCUT2D eigenvalue weighted by molar-refractivity contribution is -0.384. The Morgan fingerprint density at radius 2 is 1.77 bits per heavy atom. The molecule has 0 fully saturated rings. The molecule has 0 atom stereocenters. The van der Waals surface area contributed by atoms with Crippen molar-refractivity contribution in [2.45, 2.75) is 0 Å². The molecular weight excluding hydrogens is 316 g/mol. The second kappa shape index (κ2) is 6.31. The number of nitrogens with zero attached hydrogens (tertiary/aromatic N) is 3. The minimum atomic E-state index is -1.12. The molecule has 2 aromatic rings. The van der Waals surface area contributed by atoms with Crippen LogP contribution in [-0.4, -0.2) is 31.0 Å². The number of amides is 1. The van der Waals surface area contributed by atoms with Gasteiger partial charge in [0.1, 0.15) is 11.4 Å². The maximum Gasteiger partial charge on any atom is 0.352 e. The maximum absolute atomic E-state index is 12.1. The van der Waals surface area contributed by atoms with E-state index in [1.165, 1.54) is 41.7 Å². The van der Waals surface area contributed by atoms with E-state index in [2.05, 4.69) is 5.32 Å².